The second-order valence-corrected chi connectivity index (χ2v) is 9.59. The van der Waals surface area contributed by atoms with Crippen LogP contribution in [0, 0.1) is 23.2 Å². The third kappa shape index (κ3) is 5.13. The number of allylic oxidation sites excluding steroid dienone is 1. The van der Waals surface area contributed by atoms with E-state index in [9.17, 15) is 4.39 Å². The van der Waals surface area contributed by atoms with E-state index in [4.69, 9.17) is 14.2 Å². The summed E-state index contributed by atoms with van der Waals surface area (Å²) in [5, 5.41) is 0. The molecule has 3 fully saturated rings. The maximum atomic E-state index is 14.4. The van der Waals surface area contributed by atoms with Gasteiger partial charge in [-0.1, -0.05) is 52.7 Å². The summed E-state index contributed by atoms with van der Waals surface area (Å²) in [6.07, 6.45) is 11.4. The zero-order chi connectivity index (χ0) is 19.4. The molecule has 1 unspecified atom stereocenters. The molecule has 3 nitrogen and oxygen atoms in total. The van der Waals surface area contributed by atoms with Crippen LogP contribution in [0.2, 0.25) is 0 Å². The van der Waals surface area contributed by atoms with Crippen LogP contribution in [-0.4, -0.2) is 37.9 Å². The summed E-state index contributed by atoms with van der Waals surface area (Å²) in [4.78, 5) is 0. The molecule has 3 rings (SSSR count). The van der Waals surface area contributed by atoms with Gasteiger partial charge in [0.05, 0.1) is 18.8 Å². The number of halogens is 1. The van der Waals surface area contributed by atoms with Crippen LogP contribution in [0.1, 0.15) is 72.6 Å². The second kappa shape index (κ2) is 9.37. The van der Waals surface area contributed by atoms with E-state index in [2.05, 4.69) is 39.8 Å². The van der Waals surface area contributed by atoms with E-state index in [1.54, 1.807) is 0 Å². The maximum absolute atomic E-state index is 14.4. The highest BCUT2D eigenvalue weighted by Crippen LogP contribution is 2.46. The Morgan fingerprint density at radius 3 is 2.78 bits per heavy atom. The van der Waals surface area contributed by atoms with Gasteiger partial charge in [-0.3, -0.25) is 0 Å². The smallest absolute Gasteiger partial charge is 0.158 e. The molecule has 0 aromatic carbocycles. The van der Waals surface area contributed by atoms with E-state index in [-0.39, 0.29) is 42.4 Å². The van der Waals surface area contributed by atoms with Crippen molar-refractivity contribution in [2.45, 2.75) is 97.3 Å². The lowest BCUT2D eigenvalue weighted by atomic mass is 9.79. The van der Waals surface area contributed by atoms with E-state index in [0.717, 1.165) is 32.3 Å². The van der Waals surface area contributed by atoms with Crippen molar-refractivity contribution < 1.29 is 18.6 Å². The number of ether oxygens (including phenoxy) is 3. The first kappa shape index (κ1) is 21.3. The lowest BCUT2D eigenvalue weighted by Gasteiger charge is -2.36. The first-order chi connectivity index (χ1) is 12.9. The Bertz CT molecular complexity index is 486. The SMILES string of the molecule is CCCCC(C)(C)[C@@H](C=C[C@@H]1[C@@H]2[C@H](F)CO[C@H]2C[C@H]1C)OC1CCCCO1. The molecule has 0 aromatic heterocycles. The van der Waals surface area contributed by atoms with E-state index in [0.29, 0.717) is 5.92 Å². The minimum absolute atomic E-state index is 0.00113. The molecule has 7 atom stereocenters. The first-order valence-electron chi connectivity index (χ1n) is 11.1. The molecule has 0 N–H and O–H groups in total. The van der Waals surface area contributed by atoms with Gasteiger partial charge in [0.15, 0.2) is 6.29 Å². The summed E-state index contributed by atoms with van der Waals surface area (Å²) in [6.45, 7) is 10.1. The molecule has 0 radical (unpaired) electrons. The summed E-state index contributed by atoms with van der Waals surface area (Å²) in [5.41, 5.74) is 0.0376. The third-order valence-corrected chi connectivity index (χ3v) is 6.91. The zero-order valence-electron chi connectivity index (χ0n) is 17.7. The van der Waals surface area contributed by atoms with Gasteiger partial charge in [-0.25, -0.2) is 4.39 Å². The molecule has 2 saturated heterocycles. The van der Waals surface area contributed by atoms with Crippen molar-refractivity contribution in [2.75, 3.05) is 13.2 Å². The van der Waals surface area contributed by atoms with Gasteiger partial charge in [0, 0.05) is 12.5 Å². The molecular formula is C23H39FO3. The largest absolute Gasteiger partial charge is 0.375 e. The van der Waals surface area contributed by atoms with Gasteiger partial charge in [-0.15, -0.1) is 0 Å². The van der Waals surface area contributed by atoms with Crippen LogP contribution in [0.3, 0.4) is 0 Å². The highest BCUT2D eigenvalue weighted by Gasteiger charge is 2.49. The number of hydrogen-bond donors (Lipinski definition) is 0. The van der Waals surface area contributed by atoms with Gasteiger partial charge >= 0.3 is 0 Å². The zero-order valence-corrected chi connectivity index (χ0v) is 17.7. The Morgan fingerprint density at radius 2 is 2.07 bits per heavy atom. The van der Waals surface area contributed by atoms with Crippen LogP contribution < -0.4 is 0 Å². The Kier molecular flexibility index (Phi) is 7.38. The highest BCUT2D eigenvalue weighted by atomic mass is 19.1. The molecule has 0 spiro atoms. The van der Waals surface area contributed by atoms with E-state index in [1.807, 2.05) is 0 Å². The van der Waals surface area contributed by atoms with Gasteiger partial charge in [0.2, 0.25) is 0 Å². The number of rotatable bonds is 8. The quantitative estimate of drug-likeness (QED) is 0.506. The number of fused-ring (bicyclic) bond motifs is 1. The second-order valence-electron chi connectivity index (χ2n) is 9.59. The summed E-state index contributed by atoms with van der Waals surface area (Å²) in [6, 6.07) is 0. The summed E-state index contributed by atoms with van der Waals surface area (Å²) < 4.78 is 32.4. The van der Waals surface area contributed by atoms with Crippen LogP contribution in [0.5, 0.6) is 0 Å². The van der Waals surface area contributed by atoms with Crippen molar-refractivity contribution >= 4 is 0 Å². The summed E-state index contributed by atoms with van der Waals surface area (Å²) in [5.74, 6) is 0.717. The molecule has 1 saturated carbocycles. The first-order valence-corrected chi connectivity index (χ1v) is 11.1. The van der Waals surface area contributed by atoms with Crippen LogP contribution in [-0.2, 0) is 14.2 Å². The van der Waals surface area contributed by atoms with Crippen molar-refractivity contribution in [3.05, 3.63) is 12.2 Å². The lowest BCUT2D eigenvalue weighted by molar-refractivity contribution is -0.197. The van der Waals surface area contributed by atoms with Gasteiger partial charge in [-0.05, 0) is 49.4 Å². The maximum Gasteiger partial charge on any atom is 0.158 e. The molecule has 156 valence electrons. The highest BCUT2D eigenvalue weighted by molar-refractivity contribution is 5.09. The van der Waals surface area contributed by atoms with Crippen LogP contribution in [0.15, 0.2) is 12.2 Å². The molecule has 2 heterocycles. The molecule has 1 aliphatic carbocycles. The molecule has 27 heavy (non-hydrogen) atoms. The van der Waals surface area contributed by atoms with Crippen LogP contribution in [0.4, 0.5) is 4.39 Å². The number of alkyl halides is 1. The van der Waals surface area contributed by atoms with Crippen molar-refractivity contribution in [3.8, 4) is 0 Å². The topological polar surface area (TPSA) is 27.7 Å². The van der Waals surface area contributed by atoms with Crippen molar-refractivity contribution in [2.24, 2.45) is 23.2 Å². The van der Waals surface area contributed by atoms with Crippen LogP contribution >= 0.6 is 0 Å². The monoisotopic (exact) mass is 382 g/mol. The molecule has 0 bridgehead atoms. The lowest BCUT2D eigenvalue weighted by Crippen LogP contribution is -2.36. The van der Waals surface area contributed by atoms with Gasteiger partial charge in [-0.2, -0.15) is 0 Å². The normalized spacial score (nSPS) is 38.4. The Hall–Kier alpha value is -0.450. The number of hydrogen-bond acceptors (Lipinski definition) is 3. The van der Waals surface area contributed by atoms with Crippen molar-refractivity contribution in [1.29, 1.82) is 0 Å². The summed E-state index contributed by atoms with van der Waals surface area (Å²) >= 11 is 0. The van der Waals surface area contributed by atoms with E-state index in [1.165, 1.54) is 19.3 Å². The van der Waals surface area contributed by atoms with Crippen molar-refractivity contribution in [1.82, 2.24) is 0 Å². The Morgan fingerprint density at radius 1 is 1.26 bits per heavy atom. The average molecular weight is 383 g/mol. The molecule has 0 aromatic rings. The molecular weight excluding hydrogens is 343 g/mol. The minimum Gasteiger partial charge on any atom is -0.375 e. The van der Waals surface area contributed by atoms with Crippen molar-refractivity contribution in [3.63, 3.8) is 0 Å². The van der Waals surface area contributed by atoms with Crippen LogP contribution in [0.25, 0.3) is 0 Å². The predicted octanol–water partition coefficient (Wildman–Crippen LogP) is 5.68. The van der Waals surface area contributed by atoms with Gasteiger partial charge in [0.1, 0.15) is 6.17 Å². The Labute approximate surface area is 165 Å². The molecule has 2 aliphatic heterocycles. The molecule has 0 amide bonds. The fourth-order valence-electron chi connectivity index (χ4n) is 5.08. The fourth-order valence-corrected chi connectivity index (χ4v) is 5.08. The molecule has 3 aliphatic rings. The summed E-state index contributed by atoms with van der Waals surface area (Å²) in [7, 11) is 0. The van der Waals surface area contributed by atoms with Gasteiger partial charge in [0.25, 0.3) is 0 Å². The van der Waals surface area contributed by atoms with E-state index < -0.39 is 6.17 Å². The molecule has 4 heteroatoms. The average Bonchev–Trinajstić information content (AvgIpc) is 3.16. The third-order valence-electron chi connectivity index (χ3n) is 6.91. The minimum atomic E-state index is -0.830. The Balaban J connectivity index is 1.72. The predicted molar refractivity (Wildman–Crippen MR) is 106 cm³/mol. The fraction of sp³-hybridized carbons (Fsp3) is 0.913. The number of unbranched alkanes of at least 4 members (excludes halogenated alkanes) is 1. The standard InChI is InChI=1S/C23H39FO3/c1-5-6-12-23(3,4)20(27-21-9-7-8-13-25-21)11-10-17-16(2)14-19-22(17)18(24)15-26-19/h10-11,16-22H,5-9,12-15H2,1-4H3/t16-,17+,18-,19+,20-,21?,22-/m1/s1. The van der Waals surface area contributed by atoms with E-state index >= 15 is 0 Å². The van der Waals surface area contributed by atoms with Gasteiger partial charge < -0.3 is 14.2 Å².